The molecule has 1 unspecified atom stereocenters. The third-order valence-corrected chi connectivity index (χ3v) is 2.04. The van der Waals surface area contributed by atoms with Gasteiger partial charge in [-0.1, -0.05) is 0 Å². The standard InChI is InChI=1S/C9H19N2Se/c1-3-5-7-8(6-4-2)11-9(10)12/h8H,3-7H2,1-2H3,(H2,10,11). The van der Waals surface area contributed by atoms with Crippen molar-refractivity contribution in [3.05, 3.63) is 0 Å². The van der Waals surface area contributed by atoms with Crippen molar-refractivity contribution < 1.29 is 0 Å². The van der Waals surface area contributed by atoms with Gasteiger partial charge in [0, 0.05) is 0 Å². The van der Waals surface area contributed by atoms with Gasteiger partial charge in [-0.3, -0.25) is 0 Å². The van der Waals surface area contributed by atoms with Crippen molar-refractivity contribution in [1.82, 2.24) is 0 Å². The maximum absolute atomic E-state index is 5.49. The van der Waals surface area contributed by atoms with Gasteiger partial charge in [0.05, 0.1) is 0 Å². The van der Waals surface area contributed by atoms with Crippen molar-refractivity contribution in [3.8, 4) is 0 Å². The van der Waals surface area contributed by atoms with Crippen LogP contribution in [0.2, 0.25) is 0 Å². The fourth-order valence-corrected chi connectivity index (χ4v) is 1.54. The number of nitrogens with two attached hydrogens (primary N) is 1. The molecule has 0 heterocycles. The van der Waals surface area contributed by atoms with E-state index in [1.54, 1.807) is 0 Å². The van der Waals surface area contributed by atoms with Crippen LogP contribution in [0.3, 0.4) is 0 Å². The minimum atomic E-state index is 0.441. The van der Waals surface area contributed by atoms with Gasteiger partial charge in [-0.2, -0.15) is 0 Å². The van der Waals surface area contributed by atoms with Gasteiger partial charge in [0.1, 0.15) is 0 Å². The molecule has 3 heteroatoms. The van der Waals surface area contributed by atoms with Crippen molar-refractivity contribution in [2.24, 2.45) is 10.7 Å². The number of hydrogen-bond acceptors (Lipinski definition) is 1. The Balaban J connectivity index is 3.78. The van der Waals surface area contributed by atoms with Crippen LogP contribution in [0.4, 0.5) is 0 Å². The summed E-state index contributed by atoms with van der Waals surface area (Å²) in [5, 5.41) is 0. The minimum absolute atomic E-state index is 0.441. The Bertz CT molecular complexity index is 130. The molecule has 1 radical (unpaired) electrons. The number of rotatable bonds is 6. The van der Waals surface area contributed by atoms with Crippen LogP contribution in [0.15, 0.2) is 4.99 Å². The van der Waals surface area contributed by atoms with Crippen LogP contribution < -0.4 is 5.73 Å². The van der Waals surface area contributed by atoms with Crippen LogP contribution in [0, 0.1) is 0 Å². The van der Waals surface area contributed by atoms with Crippen LogP contribution in [-0.2, 0) is 0 Å². The van der Waals surface area contributed by atoms with E-state index in [9.17, 15) is 0 Å². The Labute approximate surface area is 83.8 Å². The summed E-state index contributed by atoms with van der Waals surface area (Å²) < 4.78 is 0.601. The summed E-state index contributed by atoms with van der Waals surface area (Å²) in [4.78, 5) is 4.34. The molecule has 0 aromatic heterocycles. The monoisotopic (exact) mass is 235 g/mol. The Morgan fingerprint density at radius 3 is 2.42 bits per heavy atom. The maximum atomic E-state index is 5.49. The zero-order valence-corrected chi connectivity index (χ0v) is 9.76. The Kier molecular flexibility index (Phi) is 7.62. The molecule has 0 bridgehead atoms. The van der Waals surface area contributed by atoms with Gasteiger partial charge >= 0.3 is 83.5 Å². The van der Waals surface area contributed by atoms with E-state index in [0.717, 1.165) is 6.42 Å². The third-order valence-electron chi connectivity index (χ3n) is 1.82. The molecule has 0 aliphatic carbocycles. The predicted octanol–water partition coefficient (Wildman–Crippen LogP) is 1.83. The summed E-state index contributed by atoms with van der Waals surface area (Å²) in [6.07, 6.45) is 6.00. The Hall–Kier alpha value is -0.0105. The van der Waals surface area contributed by atoms with E-state index in [4.69, 9.17) is 5.73 Å². The molecule has 0 aromatic carbocycles. The fraction of sp³-hybridized carbons (Fsp3) is 0.889. The van der Waals surface area contributed by atoms with E-state index in [2.05, 4.69) is 34.9 Å². The Morgan fingerprint density at radius 1 is 1.33 bits per heavy atom. The molecule has 0 aliphatic rings. The van der Waals surface area contributed by atoms with Gasteiger partial charge in [0.25, 0.3) is 0 Å². The van der Waals surface area contributed by atoms with E-state index in [-0.39, 0.29) is 0 Å². The SMILES string of the molecule is CCCCC(CCC)N=C(N)[Se]. The summed E-state index contributed by atoms with van der Waals surface area (Å²) in [6.45, 7) is 4.39. The zero-order valence-electron chi connectivity index (χ0n) is 8.05. The number of aliphatic imine (C=N–C) groups is 1. The molecule has 0 spiro atoms. The summed E-state index contributed by atoms with van der Waals surface area (Å²) in [5.41, 5.74) is 5.49. The second-order valence-corrected chi connectivity index (χ2v) is 3.93. The van der Waals surface area contributed by atoms with E-state index < -0.39 is 0 Å². The normalized spacial score (nSPS) is 14.7. The first kappa shape index (κ1) is 12.0. The van der Waals surface area contributed by atoms with Crippen molar-refractivity contribution in [1.29, 1.82) is 0 Å². The van der Waals surface area contributed by atoms with E-state index in [1.165, 1.54) is 25.7 Å². The molecule has 0 saturated heterocycles. The van der Waals surface area contributed by atoms with Gasteiger partial charge in [-0.05, 0) is 0 Å². The van der Waals surface area contributed by atoms with Crippen LogP contribution in [0.25, 0.3) is 0 Å². The first-order valence-corrected chi connectivity index (χ1v) is 5.56. The van der Waals surface area contributed by atoms with Gasteiger partial charge in [-0.15, -0.1) is 0 Å². The molecule has 0 aliphatic heterocycles. The fourth-order valence-electron chi connectivity index (χ4n) is 1.23. The van der Waals surface area contributed by atoms with Crippen molar-refractivity contribution in [2.45, 2.75) is 52.0 Å². The average Bonchev–Trinajstić information content (AvgIpc) is 2.00. The molecular weight excluding hydrogens is 215 g/mol. The molecule has 1 atom stereocenters. The Morgan fingerprint density at radius 2 is 2.00 bits per heavy atom. The molecule has 0 aromatic rings. The number of unbranched alkanes of at least 4 members (excludes halogenated alkanes) is 1. The second kappa shape index (κ2) is 7.63. The van der Waals surface area contributed by atoms with Crippen LogP contribution >= 0.6 is 0 Å². The summed E-state index contributed by atoms with van der Waals surface area (Å²) in [5.74, 6) is 0. The molecule has 2 nitrogen and oxygen atoms in total. The molecule has 0 saturated carbocycles. The average molecular weight is 234 g/mol. The number of hydrogen-bond donors (Lipinski definition) is 1. The molecule has 0 rings (SSSR count). The van der Waals surface area contributed by atoms with Crippen molar-refractivity contribution in [3.63, 3.8) is 0 Å². The van der Waals surface area contributed by atoms with Gasteiger partial charge in [-0.25, -0.2) is 0 Å². The molecule has 0 fully saturated rings. The van der Waals surface area contributed by atoms with E-state index in [0.29, 0.717) is 10.8 Å². The number of amidine groups is 1. The van der Waals surface area contributed by atoms with Crippen molar-refractivity contribution in [2.75, 3.05) is 0 Å². The molecule has 71 valence electrons. The zero-order chi connectivity index (χ0) is 9.40. The summed E-state index contributed by atoms with van der Waals surface area (Å²) in [6, 6.07) is 0.441. The van der Waals surface area contributed by atoms with E-state index >= 15 is 0 Å². The number of nitrogens with zero attached hydrogens (tertiary/aromatic N) is 1. The first-order valence-electron chi connectivity index (χ1n) is 4.71. The van der Waals surface area contributed by atoms with Gasteiger partial charge in [0.15, 0.2) is 0 Å². The molecular formula is C9H19N2Se. The summed E-state index contributed by atoms with van der Waals surface area (Å²) >= 11 is 2.73. The summed E-state index contributed by atoms with van der Waals surface area (Å²) in [7, 11) is 0. The second-order valence-electron chi connectivity index (χ2n) is 3.05. The third kappa shape index (κ3) is 6.68. The quantitative estimate of drug-likeness (QED) is 0.425. The van der Waals surface area contributed by atoms with Crippen molar-refractivity contribution >= 4 is 20.7 Å². The first-order chi connectivity index (χ1) is 5.70. The topological polar surface area (TPSA) is 38.4 Å². The van der Waals surface area contributed by atoms with Crippen LogP contribution in [0.1, 0.15) is 46.0 Å². The molecule has 0 amide bonds. The predicted molar refractivity (Wildman–Crippen MR) is 55.6 cm³/mol. The molecule has 2 N–H and O–H groups in total. The van der Waals surface area contributed by atoms with E-state index in [1.807, 2.05) is 0 Å². The molecule has 12 heavy (non-hydrogen) atoms. The van der Waals surface area contributed by atoms with Crippen LogP contribution in [-0.4, -0.2) is 26.8 Å². The van der Waals surface area contributed by atoms with Gasteiger partial charge in [0.2, 0.25) is 0 Å². The van der Waals surface area contributed by atoms with Crippen LogP contribution in [0.5, 0.6) is 0 Å². The van der Waals surface area contributed by atoms with Gasteiger partial charge < -0.3 is 0 Å².